The SMILES string of the molecule is O[C@@H](COc1ccccc1)CN1CCC2(CC1)Oc1ccc(Cl)cc1C2Cl. The number of hydrogen-bond acceptors (Lipinski definition) is 4. The molecule has 0 aliphatic carbocycles. The molecule has 2 heterocycles. The van der Waals surface area contributed by atoms with Crippen molar-refractivity contribution in [3.63, 3.8) is 0 Å². The number of fused-ring (bicyclic) bond motifs is 1. The number of nitrogens with zero attached hydrogens (tertiary/aromatic N) is 1. The average molecular weight is 408 g/mol. The molecule has 144 valence electrons. The van der Waals surface area contributed by atoms with Crippen molar-refractivity contribution in [2.24, 2.45) is 0 Å². The Morgan fingerprint density at radius 3 is 2.67 bits per heavy atom. The van der Waals surface area contributed by atoms with E-state index in [2.05, 4.69) is 4.90 Å². The summed E-state index contributed by atoms with van der Waals surface area (Å²) in [5.74, 6) is 1.61. The van der Waals surface area contributed by atoms with Gasteiger partial charge in [0.15, 0.2) is 0 Å². The molecule has 0 bridgehead atoms. The Morgan fingerprint density at radius 1 is 1.19 bits per heavy atom. The quantitative estimate of drug-likeness (QED) is 0.750. The van der Waals surface area contributed by atoms with Gasteiger partial charge < -0.3 is 19.5 Å². The number of aliphatic hydroxyl groups excluding tert-OH is 1. The van der Waals surface area contributed by atoms with E-state index >= 15 is 0 Å². The highest BCUT2D eigenvalue weighted by Crippen LogP contribution is 2.52. The third kappa shape index (κ3) is 4.04. The molecule has 0 saturated carbocycles. The zero-order valence-electron chi connectivity index (χ0n) is 15.0. The van der Waals surface area contributed by atoms with Crippen molar-refractivity contribution < 1.29 is 14.6 Å². The number of β-amino-alcohol motifs (C(OH)–C–C–N with tert-alkyl or cyclic N) is 1. The standard InChI is InChI=1S/C21H23Cl2NO3/c22-15-6-7-19-18(12-15)20(23)21(27-19)8-10-24(11-9-21)13-16(25)14-26-17-4-2-1-3-5-17/h1-7,12,16,20,25H,8-11,13-14H2/t16-,20?/m1/s1. The number of piperidine rings is 1. The van der Waals surface area contributed by atoms with Crippen LogP contribution >= 0.6 is 23.2 Å². The maximum Gasteiger partial charge on any atom is 0.132 e. The Kier molecular flexibility index (Phi) is 5.51. The normalized spacial score (nSPS) is 22.3. The van der Waals surface area contributed by atoms with Crippen molar-refractivity contribution in [2.75, 3.05) is 26.2 Å². The summed E-state index contributed by atoms with van der Waals surface area (Å²) in [6.07, 6.45) is 1.10. The number of benzene rings is 2. The molecule has 1 spiro atoms. The number of likely N-dealkylation sites (tertiary alicyclic amines) is 1. The molecule has 2 aromatic carbocycles. The molecule has 0 aromatic heterocycles. The summed E-state index contributed by atoms with van der Waals surface area (Å²) in [4.78, 5) is 2.24. The first-order valence-corrected chi connectivity index (χ1v) is 10.1. The largest absolute Gasteiger partial charge is 0.491 e. The summed E-state index contributed by atoms with van der Waals surface area (Å²) in [5.41, 5.74) is 0.602. The number of para-hydroxylation sites is 1. The van der Waals surface area contributed by atoms with Crippen molar-refractivity contribution in [3.05, 3.63) is 59.1 Å². The zero-order valence-corrected chi connectivity index (χ0v) is 16.5. The summed E-state index contributed by atoms with van der Waals surface area (Å²) >= 11 is 12.9. The van der Waals surface area contributed by atoms with Crippen molar-refractivity contribution in [3.8, 4) is 11.5 Å². The first kappa shape index (κ1) is 18.9. The van der Waals surface area contributed by atoms with Crippen molar-refractivity contribution >= 4 is 23.2 Å². The van der Waals surface area contributed by atoms with Crippen LogP contribution in [-0.4, -0.2) is 48.0 Å². The van der Waals surface area contributed by atoms with E-state index in [-0.39, 0.29) is 17.6 Å². The molecule has 0 radical (unpaired) electrons. The lowest BCUT2D eigenvalue weighted by molar-refractivity contribution is -0.00442. The minimum atomic E-state index is -0.536. The van der Waals surface area contributed by atoms with Gasteiger partial charge in [0.2, 0.25) is 0 Å². The Hall–Kier alpha value is -1.46. The maximum absolute atomic E-state index is 10.3. The number of alkyl halides is 1. The number of halogens is 2. The molecule has 6 heteroatoms. The second-order valence-corrected chi connectivity index (χ2v) is 8.16. The molecule has 0 amide bonds. The van der Waals surface area contributed by atoms with E-state index in [0.29, 0.717) is 11.6 Å². The average Bonchev–Trinajstić information content (AvgIpc) is 2.95. The lowest BCUT2D eigenvalue weighted by Gasteiger charge is -2.40. The van der Waals surface area contributed by atoms with Crippen LogP contribution in [0.4, 0.5) is 0 Å². The van der Waals surface area contributed by atoms with Crippen LogP contribution in [0.1, 0.15) is 23.8 Å². The second-order valence-electron chi connectivity index (χ2n) is 7.29. The van der Waals surface area contributed by atoms with E-state index in [1.807, 2.05) is 48.5 Å². The van der Waals surface area contributed by atoms with Gasteiger partial charge in [-0.2, -0.15) is 0 Å². The monoisotopic (exact) mass is 407 g/mol. The van der Waals surface area contributed by atoms with Crippen LogP contribution in [0.3, 0.4) is 0 Å². The van der Waals surface area contributed by atoms with Crippen LogP contribution in [0.25, 0.3) is 0 Å². The zero-order chi connectivity index (χ0) is 18.9. The summed E-state index contributed by atoms with van der Waals surface area (Å²) in [6, 6.07) is 15.2. The maximum atomic E-state index is 10.3. The summed E-state index contributed by atoms with van der Waals surface area (Å²) < 4.78 is 11.9. The molecule has 1 unspecified atom stereocenters. The van der Waals surface area contributed by atoms with Gasteiger partial charge in [-0.25, -0.2) is 0 Å². The minimum Gasteiger partial charge on any atom is -0.491 e. The van der Waals surface area contributed by atoms with Crippen LogP contribution in [-0.2, 0) is 0 Å². The first-order valence-electron chi connectivity index (χ1n) is 9.26. The van der Waals surface area contributed by atoms with Crippen molar-refractivity contribution in [1.82, 2.24) is 4.90 Å². The van der Waals surface area contributed by atoms with E-state index in [1.54, 1.807) is 0 Å². The molecular weight excluding hydrogens is 385 g/mol. The number of aliphatic hydroxyl groups is 1. The smallest absolute Gasteiger partial charge is 0.132 e. The fourth-order valence-electron chi connectivity index (χ4n) is 3.89. The van der Waals surface area contributed by atoms with Gasteiger partial charge >= 0.3 is 0 Å². The molecule has 4 nitrogen and oxygen atoms in total. The first-order chi connectivity index (χ1) is 13.1. The lowest BCUT2D eigenvalue weighted by Crippen LogP contribution is -2.50. The van der Waals surface area contributed by atoms with Gasteiger partial charge in [0.1, 0.15) is 35.2 Å². The highest BCUT2D eigenvalue weighted by atomic mass is 35.5. The highest BCUT2D eigenvalue weighted by molar-refractivity contribution is 6.31. The fraction of sp³-hybridized carbons (Fsp3) is 0.429. The Bertz CT molecular complexity index is 778. The molecule has 1 N–H and O–H groups in total. The van der Waals surface area contributed by atoms with Gasteiger partial charge in [0, 0.05) is 43.1 Å². The van der Waals surface area contributed by atoms with E-state index in [9.17, 15) is 5.11 Å². The topological polar surface area (TPSA) is 41.9 Å². The Balaban J connectivity index is 1.29. The molecule has 2 aliphatic rings. The van der Waals surface area contributed by atoms with Crippen molar-refractivity contribution in [1.29, 1.82) is 0 Å². The van der Waals surface area contributed by atoms with Gasteiger partial charge in [-0.15, -0.1) is 11.6 Å². The lowest BCUT2D eigenvalue weighted by atomic mass is 9.86. The van der Waals surface area contributed by atoms with E-state index in [4.69, 9.17) is 32.7 Å². The van der Waals surface area contributed by atoms with E-state index in [0.717, 1.165) is 43.0 Å². The Labute approximate surface area is 169 Å². The molecular formula is C21H23Cl2NO3. The third-order valence-corrected chi connectivity index (χ3v) is 6.24. The summed E-state index contributed by atoms with van der Waals surface area (Å²) in [5, 5.41) is 10.8. The van der Waals surface area contributed by atoms with Gasteiger partial charge in [0.25, 0.3) is 0 Å². The summed E-state index contributed by atoms with van der Waals surface area (Å²) in [7, 11) is 0. The highest BCUT2D eigenvalue weighted by Gasteiger charge is 2.49. The second kappa shape index (κ2) is 7.88. The number of hydrogen-bond donors (Lipinski definition) is 1. The third-order valence-electron chi connectivity index (χ3n) is 5.38. The molecule has 27 heavy (non-hydrogen) atoms. The van der Waals surface area contributed by atoms with E-state index in [1.165, 1.54) is 0 Å². The number of rotatable bonds is 5. The Morgan fingerprint density at radius 2 is 1.93 bits per heavy atom. The van der Waals surface area contributed by atoms with Crippen molar-refractivity contribution in [2.45, 2.75) is 29.9 Å². The van der Waals surface area contributed by atoms with E-state index < -0.39 is 6.10 Å². The van der Waals surface area contributed by atoms with Gasteiger partial charge in [-0.1, -0.05) is 29.8 Å². The molecule has 1 fully saturated rings. The molecule has 2 atom stereocenters. The number of ether oxygens (including phenoxy) is 2. The molecule has 1 saturated heterocycles. The van der Waals surface area contributed by atoms with Gasteiger partial charge in [-0.3, -0.25) is 0 Å². The predicted octanol–water partition coefficient (Wildman–Crippen LogP) is 4.29. The van der Waals surface area contributed by atoms with Crippen LogP contribution in [0, 0.1) is 0 Å². The van der Waals surface area contributed by atoms with Crippen LogP contribution < -0.4 is 9.47 Å². The molecule has 2 aliphatic heterocycles. The van der Waals surface area contributed by atoms with Gasteiger partial charge in [0.05, 0.1) is 0 Å². The minimum absolute atomic E-state index is 0.195. The predicted molar refractivity (Wildman–Crippen MR) is 107 cm³/mol. The molecule has 4 rings (SSSR count). The molecule has 2 aromatic rings. The van der Waals surface area contributed by atoms with Crippen LogP contribution in [0.2, 0.25) is 5.02 Å². The summed E-state index contributed by atoms with van der Waals surface area (Å²) in [6.45, 7) is 2.51. The van der Waals surface area contributed by atoms with Gasteiger partial charge in [-0.05, 0) is 30.3 Å². The van der Waals surface area contributed by atoms with Crippen LogP contribution in [0.5, 0.6) is 11.5 Å². The fourth-order valence-corrected chi connectivity index (χ4v) is 4.51. The van der Waals surface area contributed by atoms with Crippen LogP contribution in [0.15, 0.2) is 48.5 Å².